The van der Waals surface area contributed by atoms with E-state index in [9.17, 15) is 14.9 Å². The van der Waals surface area contributed by atoms with Crippen LogP contribution >= 0.6 is 0 Å². The van der Waals surface area contributed by atoms with Crippen molar-refractivity contribution in [3.8, 4) is 0 Å². The minimum Gasteiger partial charge on any atom is -0.369 e. The summed E-state index contributed by atoms with van der Waals surface area (Å²) in [5.74, 6) is 1.31. The second-order valence-corrected chi connectivity index (χ2v) is 6.21. The highest BCUT2D eigenvalue weighted by atomic mass is 16.6. The number of pyridine rings is 1. The number of rotatable bonds is 6. The maximum absolute atomic E-state index is 12.4. The summed E-state index contributed by atoms with van der Waals surface area (Å²) in [5.41, 5.74) is 0.627. The van der Waals surface area contributed by atoms with Crippen molar-refractivity contribution < 1.29 is 9.72 Å². The molecule has 10 nitrogen and oxygen atoms in total. The van der Waals surface area contributed by atoms with Crippen molar-refractivity contribution >= 4 is 23.4 Å². The van der Waals surface area contributed by atoms with Crippen molar-refractivity contribution in [3.63, 3.8) is 0 Å². The molecule has 1 fully saturated rings. The first-order valence-electron chi connectivity index (χ1n) is 8.69. The molecule has 3 rings (SSSR count). The number of nitro groups is 1. The van der Waals surface area contributed by atoms with Gasteiger partial charge in [-0.2, -0.15) is 0 Å². The van der Waals surface area contributed by atoms with Crippen molar-refractivity contribution in [2.75, 3.05) is 42.9 Å². The van der Waals surface area contributed by atoms with Crippen molar-refractivity contribution in [3.05, 3.63) is 46.4 Å². The summed E-state index contributed by atoms with van der Waals surface area (Å²) in [6.07, 6.45) is 4.96. The predicted molar refractivity (Wildman–Crippen MR) is 99.6 cm³/mol. The molecule has 10 heteroatoms. The quantitative estimate of drug-likeness (QED) is 0.595. The number of aryl methyl sites for hydroxylation is 1. The van der Waals surface area contributed by atoms with E-state index < -0.39 is 4.92 Å². The number of hydrogen-bond donors (Lipinski definition) is 1. The fraction of sp³-hybridized carbons (Fsp3) is 0.412. The lowest BCUT2D eigenvalue weighted by molar-refractivity contribution is -0.385. The van der Waals surface area contributed by atoms with Crippen LogP contribution in [-0.4, -0.2) is 63.4 Å². The van der Waals surface area contributed by atoms with E-state index in [2.05, 4.69) is 25.2 Å². The van der Waals surface area contributed by atoms with Crippen LogP contribution < -0.4 is 10.2 Å². The lowest BCUT2D eigenvalue weighted by Crippen LogP contribution is -2.49. The van der Waals surface area contributed by atoms with Gasteiger partial charge >= 0.3 is 0 Å². The molecule has 0 aromatic carbocycles. The summed E-state index contributed by atoms with van der Waals surface area (Å²) in [6.45, 7) is 4.83. The molecule has 0 unspecified atom stereocenters. The van der Waals surface area contributed by atoms with Crippen LogP contribution in [0.1, 0.15) is 12.0 Å². The molecule has 0 bridgehead atoms. The van der Waals surface area contributed by atoms with Gasteiger partial charge in [0.05, 0.1) is 4.92 Å². The highest BCUT2D eigenvalue weighted by molar-refractivity contribution is 5.77. The summed E-state index contributed by atoms with van der Waals surface area (Å²) >= 11 is 0. The number of nitrogens with one attached hydrogen (secondary N) is 1. The van der Waals surface area contributed by atoms with Gasteiger partial charge in [0.25, 0.3) is 5.69 Å². The average Bonchev–Trinajstić information content (AvgIpc) is 2.69. The van der Waals surface area contributed by atoms with Crippen LogP contribution in [0.25, 0.3) is 0 Å². The predicted octanol–water partition coefficient (Wildman–Crippen LogP) is 1.24. The molecule has 2 aromatic rings. The van der Waals surface area contributed by atoms with Gasteiger partial charge in [0.15, 0.2) is 0 Å². The van der Waals surface area contributed by atoms with Gasteiger partial charge in [-0.25, -0.2) is 15.0 Å². The van der Waals surface area contributed by atoms with Crippen LogP contribution in [0, 0.1) is 17.0 Å². The first-order chi connectivity index (χ1) is 13.0. The zero-order chi connectivity index (χ0) is 19.2. The maximum Gasteiger partial charge on any atom is 0.287 e. The Labute approximate surface area is 156 Å². The van der Waals surface area contributed by atoms with Crippen molar-refractivity contribution in [1.82, 2.24) is 19.9 Å². The Bertz CT molecular complexity index is 807. The highest BCUT2D eigenvalue weighted by Crippen LogP contribution is 2.18. The third kappa shape index (κ3) is 4.66. The normalized spacial score (nSPS) is 14.1. The van der Waals surface area contributed by atoms with Crippen LogP contribution in [0.3, 0.4) is 0 Å². The number of aromatic nitrogens is 3. The Morgan fingerprint density at radius 2 is 1.93 bits per heavy atom. The van der Waals surface area contributed by atoms with Crippen LogP contribution in [0.4, 0.5) is 17.5 Å². The fourth-order valence-corrected chi connectivity index (χ4v) is 2.90. The topological polar surface area (TPSA) is 117 Å². The van der Waals surface area contributed by atoms with Crippen LogP contribution in [-0.2, 0) is 4.79 Å². The van der Waals surface area contributed by atoms with E-state index in [1.54, 1.807) is 25.4 Å². The molecule has 27 heavy (non-hydrogen) atoms. The summed E-state index contributed by atoms with van der Waals surface area (Å²) < 4.78 is 0. The first-order valence-corrected chi connectivity index (χ1v) is 8.69. The van der Waals surface area contributed by atoms with Crippen molar-refractivity contribution in [2.45, 2.75) is 13.3 Å². The van der Waals surface area contributed by atoms with E-state index in [-0.39, 0.29) is 11.6 Å². The van der Waals surface area contributed by atoms with Gasteiger partial charge in [-0.1, -0.05) is 0 Å². The van der Waals surface area contributed by atoms with Gasteiger partial charge in [-0.3, -0.25) is 14.9 Å². The van der Waals surface area contributed by atoms with Crippen LogP contribution in [0.15, 0.2) is 30.7 Å². The standard InChI is InChI=1S/C17H21N7O3/c1-13-11-14(24(26)27)12-21-16(13)18-6-3-15(25)22-7-9-23(10-8-22)17-19-4-2-5-20-17/h2,4-5,11-12H,3,6-10H2,1H3,(H,18,21). The van der Waals surface area contributed by atoms with E-state index >= 15 is 0 Å². The van der Waals surface area contributed by atoms with E-state index in [1.165, 1.54) is 12.3 Å². The number of carbonyl (C=O) groups is 1. The van der Waals surface area contributed by atoms with Gasteiger partial charge in [0.1, 0.15) is 12.0 Å². The second kappa shape index (κ2) is 8.39. The monoisotopic (exact) mass is 371 g/mol. The molecule has 1 aliphatic rings. The third-order valence-electron chi connectivity index (χ3n) is 4.37. The fourth-order valence-electron chi connectivity index (χ4n) is 2.90. The van der Waals surface area contributed by atoms with Gasteiger partial charge in [-0.05, 0) is 18.6 Å². The smallest absolute Gasteiger partial charge is 0.287 e. The summed E-state index contributed by atoms with van der Waals surface area (Å²) in [5, 5.41) is 13.8. The zero-order valence-corrected chi connectivity index (χ0v) is 15.0. The van der Waals surface area contributed by atoms with Gasteiger partial charge in [-0.15, -0.1) is 0 Å². The van der Waals surface area contributed by atoms with Gasteiger partial charge in [0.2, 0.25) is 11.9 Å². The van der Waals surface area contributed by atoms with Crippen molar-refractivity contribution in [1.29, 1.82) is 0 Å². The second-order valence-electron chi connectivity index (χ2n) is 6.21. The summed E-state index contributed by atoms with van der Waals surface area (Å²) in [4.78, 5) is 39.1. The van der Waals surface area contributed by atoms with E-state index in [4.69, 9.17) is 0 Å². The molecule has 1 aliphatic heterocycles. The number of anilines is 2. The Kier molecular flexibility index (Phi) is 5.74. The maximum atomic E-state index is 12.4. The third-order valence-corrected chi connectivity index (χ3v) is 4.37. The number of nitrogens with zero attached hydrogens (tertiary/aromatic N) is 6. The molecular formula is C17H21N7O3. The van der Waals surface area contributed by atoms with E-state index in [0.29, 0.717) is 56.5 Å². The van der Waals surface area contributed by atoms with Gasteiger partial charge < -0.3 is 15.1 Å². The Morgan fingerprint density at radius 3 is 2.56 bits per heavy atom. The molecule has 1 amide bonds. The van der Waals surface area contributed by atoms with Crippen LogP contribution in [0.2, 0.25) is 0 Å². The molecule has 0 atom stereocenters. The Hall–Kier alpha value is -3.30. The molecule has 0 radical (unpaired) electrons. The SMILES string of the molecule is Cc1cc([N+](=O)[O-])cnc1NCCC(=O)N1CCN(c2ncccn2)CC1. The molecule has 0 saturated carbocycles. The lowest BCUT2D eigenvalue weighted by Gasteiger charge is -2.34. The number of piperazine rings is 1. The molecule has 2 aromatic heterocycles. The molecular weight excluding hydrogens is 350 g/mol. The van der Waals surface area contributed by atoms with Gasteiger partial charge in [0, 0.05) is 57.6 Å². The molecule has 142 valence electrons. The summed E-state index contributed by atoms with van der Waals surface area (Å²) in [7, 11) is 0. The Balaban J connectivity index is 1.44. The number of hydrogen-bond acceptors (Lipinski definition) is 8. The van der Waals surface area contributed by atoms with Crippen LogP contribution in [0.5, 0.6) is 0 Å². The molecule has 1 saturated heterocycles. The number of carbonyl (C=O) groups excluding carboxylic acids is 1. The van der Waals surface area contributed by atoms with E-state index in [0.717, 1.165) is 0 Å². The highest BCUT2D eigenvalue weighted by Gasteiger charge is 2.22. The Morgan fingerprint density at radius 1 is 1.22 bits per heavy atom. The number of amides is 1. The minimum absolute atomic E-state index is 0.0469. The average molecular weight is 371 g/mol. The zero-order valence-electron chi connectivity index (χ0n) is 15.0. The molecule has 0 spiro atoms. The molecule has 1 N–H and O–H groups in total. The van der Waals surface area contributed by atoms with E-state index in [1.807, 2.05) is 4.90 Å². The largest absolute Gasteiger partial charge is 0.369 e. The first kappa shape index (κ1) is 18.5. The summed E-state index contributed by atoms with van der Waals surface area (Å²) in [6, 6.07) is 3.24. The molecule has 0 aliphatic carbocycles. The van der Waals surface area contributed by atoms with Crippen molar-refractivity contribution in [2.24, 2.45) is 0 Å². The minimum atomic E-state index is -0.479. The molecule has 3 heterocycles. The lowest BCUT2D eigenvalue weighted by atomic mass is 10.2.